The number of nitrogens with zero attached hydrogens (tertiary/aromatic N) is 2. The molecule has 0 unspecified atom stereocenters. The number of guanidine groups is 1. The Morgan fingerprint density at radius 2 is 2.00 bits per heavy atom. The first-order chi connectivity index (χ1) is 12.4. The molecule has 0 spiro atoms. The molecule has 0 radical (unpaired) electrons. The van der Waals surface area contributed by atoms with Gasteiger partial charge >= 0.3 is 0 Å². The van der Waals surface area contributed by atoms with Crippen LogP contribution in [0.2, 0.25) is 0 Å². The van der Waals surface area contributed by atoms with Gasteiger partial charge in [0.1, 0.15) is 0 Å². The maximum Gasteiger partial charge on any atom is 0.211 e. The third kappa shape index (κ3) is 6.09. The van der Waals surface area contributed by atoms with E-state index in [2.05, 4.69) is 10.6 Å². The first-order valence-electron chi connectivity index (χ1n) is 9.88. The monoisotopic (exact) mass is 388 g/mol. The van der Waals surface area contributed by atoms with Crippen molar-refractivity contribution in [3.8, 4) is 0 Å². The molecule has 7 nitrogen and oxygen atoms in total. The van der Waals surface area contributed by atoms with Crippen molar-refractivity contribution in [2.24, 2.45) is 10.4 Å². The van der Waals surface area contributed by atoms with Gasteiger partial charge in [0.05, 0.1) is 6.26 Å². The van der Waals surface area contributed by atoms with Crippen LogP contribution in [-0.2, 0) is 14.8 Å². The van der Waals surface area contributed by atoms with Crippen molar-refractivity contribution in [2.75, 3.05) is 46.2 Å². The largest absolute Gasteiger partial charge is 0.385 e. The van der Waals surface area contributed by atoms with Crippen molar-refractivity contribution >= 4 is 16.0 Å². The fraction of sp³-hybridized carbons (Fsp3) is 0.944. The van der Waals surface area contributed by atoms with Gasteiger partial charge in [-0.3, -0.25) is 4.99 Å². The molecule has 26 heavy (non-hydrogen) atoms. The summed E-state index contributed by atoms with van der Waals surface area (Å²) in [5.41, 5.74) is 0.254. The SMILES string of the molecule is CCNC(=NCC1(CCOC)CCCC1)NC[C@H]1CCCN1S(C)(=O)=O. The van der Waals surface area contributed by atoms with Crippen molar-refractivity contribution in [3.05, 3.63) is 0 Å². The van der Waals surface area contributed by atoms with E-state index in [0.717, 1.165) is 44.9 Å². The van der Waals surface area contributed by atoms with Crippen LogP contribution in [0.4, 0.5) is 0 Å². The summed E-state index contributed by atoms with van der Waals surface area (Å²) in [6.45, 7) is 5.64. The summed E-state index contributed by atoms with van der Waals surface area (Å²) in [7, 11) is -1.38. The van der Waals surface area contributed by atoms with Crippen LogP contribution in [0.15, 0.2) is 4.99 Å². The van der Waals surface area contributed by atoms with Gasteiger partial charge in [-0.1, -0.05) is 12.8 Å². The van der Waals surface area contributed by atoms with Crippen LogP contribution in [0.5, 0.6) is 0 Å². The summed E-state index contributed by atoms with van der Waals surface area (Å²) in [6.07, 6.45) is 9.14. The van der Waals surface area contributed by atoms with Gasteiger partial charge in [0.25, 0.3) is 0 Å². The molecule has 1 saturated carbocycles. The molecule has 1 atom stereocenters. The molecule has 1 aliphatic carbocycles. The maximum atomic E-state index is 11.9. The van der Waals surface area contributed by atoms with Crippen molar-refractivity contribution in [3.63, 3.8) is 0 Å². The van der Waals surface area contributed by atoms with E-state index in [1.165, 1.54) is 31.9 Å². The van der Waals surface area contributed by atoms with E-state index < -0.39 is 10.0 Å². The van der Waals surface area contributed by atoms with E-state index in [-0.39, 0.29) is 11.5 Å². The highest BCUT2D eigenvalue weighted by Gasteiger charge is 2.34. The Balaban J connectivity index is 1.95. The van der Waals surface area contributed by atoms with Crippen LogP contribution in [-0.4, -0.2) is 70.9 Å². The highest BCUT2D eigenvalue weighted by molar-refractivity contribution is 7.88. The molecule has 0 amide bonds. The first kappa shape index (κ1) is 21.4. The van der Waals surface area contributed by atoms with E-state index in [0.29, 0.717) is 13.1 Å². The lowest BCUT2D eigenvalue weighted by atomic mass is 9.83. The molecule has 2 rings (SSSR count). The molecule has 0 bridgehead atoms. The molecule has 152 valence electrons. The van der Waals surface area contributed by atoms with E-state index in [4.69, 9.17) is 9.73 Å². The van der Waals surface area contributed by atoms with E-state index in [1.54, 1.807) is 11.4 Å². The maximum absolute atomic E-state index is 11.9. The molecule has 2 aliphatic rings. The summed E-state index contributed by atoms with van der Waals surface area (Å²) in [4.78, 5) is 4.84. The molecule has 0 aromatic rings. The van der Waals surface area contributed by atoms with Gasteiger partial charge in [-0.2, -0.15) is 4.31 Å². The number of methoxy groups -OCH3 is 1. The number of rotatable bonds is 9. The van der Waals surface area contributed by atoms with Gasteiger partial charge in [-0.15, -0.1) is 0 Å². The zero-order valence-corrected chi connectivity index (χ0v) is 17.4. The van der Waals surface area contributed by atoms with E-state index in [9.17, 15) is 8.42 Å². The average Bonchev–Trinajstić information content (AvgIpc) is 3.25. The fourth-order valence-electron chi connectivity index (χ4n) is 4.18. The minimum Gasteiger partial charge on any atom is -0.385 e. The number of aliphatic imine (C=N–C) groups is 1. The molecule has 1 saturated heterocycles. The van der Waals surface area contributed by atoms with Crippen LogP contribution in [0, 0.1) is 5.41 Å². The minimum atomic E-state index is -3.14. The Bertz CT molecular complexity index is 559. The summed E-state index contributed by atoms with van der Waals surface area (Å²) < 4.78 is 30.7. The molecular formula is C18H36N4O3S. The van der Waals surface area contributed by atoms with Gasteiger partial charge in [0.2, 0.25) is 10.0 Å². The Kier molecular flexibility index (Phi) is 8.16. The molecule has 0 aromatic carbocycles. The second kappa shape index (κ2) is 9.90. The zero-order chi connectivity index (χ0) is 19.0. The second-order valence-corrected chi connectivity index (χ2v) is 9.63. The van der Waals surface area contributed by atoms with Gasteiger partial charge in [-0.05, 0) is 44.4 Å². The van der Waals surface area contributed by atoms with Crippen LogP contribution in [0.1, 0.15) is 51.9 Å². The summed E-state index contributed by atoms with van der Waals surface area (Å²) in [5, 5.41) is 6.66. The average molecular weight is 389 g/mol. The predicted octanol–water partition coefficient (Wildman–Crippen LogP) is 1.56. The molecule has 8 heteroatoms. The molecule has 2 N–H and O–H groups in total. The van der Waals surface area contributed by atoms with Gasteiger partial charge in [-0.25, -0.2) is 8.42 Å². The summed E-state index contributed by atoms with van der Waals surface area (Å²) in [6, 6.07) is 0.0165. The number of hydrogen-bond donors (Lipinski definition) is 2. The Morgan fingerprint density at radius 3 is 2.62 bits per heavy atom. The van der Waals surface area contributed by atoms with Crippen molar-refractivity contribution in [1.82, 2.24) is 14.9 Å². The summed E-state index contributed by atoms with van der Waals surface area (Å²) in [5.74, 6) is 0.788. The highest BCUT2D eigenvalue weighted by atomic mass is 32.2. The molecule has 1 aliphatic heterocycles. The van der Waals surface area contributed by atoms with E-state index >= 15 is 0 Å². The van der Waals surface area contributed by atoms with Crippen LogP contribution in [0.25, 0.3) is 0 Å². The number of nitrogens with one attached hydrogen (secondary N) is 2. The van der Waals surface area contributed by atoms with Crippen molar-refractivity contribution in [1.29, 1.82) is 0 Å². The van der Waals surface area contributed by atoms with Gasteiger partial charge < -0.3 is 15.4 Å². The normalized spacial score (nSPS) is 24.1. The van der Waals surface area contributed by atoms with Crippen molar-refractivity contribution < 1.29 is 13.2 Å². The number of sulfonamides is 1. The van der Waals surface area contributed by atoms with Crippen LogP contribution < -0.4 is 10.6 Å². The Hall–Kier alpha value is -0.860. The van der Waals surface area contributed by atoms with Crippen molar-refractivity contribution in [2.45, 2.75) is 57.9 Å². The third-order valence-electron chi connectivity index (χ3n) is 5.67. The van der Waals surface area contributed by atoms with Crippen LogP contribution in [0.3, 0.4) is 0 Å². The second-order valence-electron chi connectivity index (χ2n) is 7.70. The lowest BCUT2D eigenvalue weighted by Crippen LogP contribution is -2.46. The fourth-order valence-corrected chi connectivity index (χ4v) is 5.37. The number of hydrogen-bond acceptors (Lipinski definition) is 4. The standard InChI is InChI=1S/C18H36N4O3S/c1-4-19-17(20-14-16-8-7-12-22(16)26(3,23)24)21-15-18(11-13-25-2)9-5-6-10-18/h16H,4-15H2,1-3H3,(H2,19,20,21)/t16-/m1/s1. The predicted molar refractivity (Wildman–Crippen MR) is 106 cm³/mol. The van der Waals surface area contributed by atoms with Gasteiger partial charge in [0.15, 0.2) is 5.96 Å². The molecule has 1 heterocycles. The number of ether oxygens (including phenoxy) is 1. The molecule has 2 fully saturated rings. The third-order valence-corrected chi connectivity index (χ3v) is 7.00. The highest BCUT2D eigenvalue weighted by Crippen LogP contribution is 2.41. The quantitative estimate of drug-likeness (QED) is 0.463. The smallest absolute Gasteiger partial charge is 0.211 e. The topological polar surface area (TPSA) is 83.0 Å². The van der Waals surface area contributed by atoms with Crippen LogP contribution >= 0.6 is 0 Å². The summed E-state index contributed by atoms with van der Waals surface area (Å²) >= 11 is 0. The van der Waals surface area contributed by atoms with E-state index in [1.807, 2.05) is 6.92 Å². The molecule has 0 aromatic heterocycles. The Labute approximate surface area is 159 Å². The van der Waals surface area contributed by atoms with Gasteiger partial charge in [0, 0.05) is 45.9 Å². The first-order valence-corrected chi connectivity index (χ1v) is 11.7. The zero-order valence-electron chi connectivity index (χ0n) is 16.6. The lowest BCUT2D eigenvalue weighted by molar-refractivity contribution is 0.141. The minimum absolute atomic E-state index is 0.0165. The Morgan fingerprint density at radius 1 is 1.27 bits per heavy atom. The molecular weight excluding hydrogens is 352 g/mol. The lowest BCUT2D eigenvalue weighted by Gasteiger charge is -2.28.